The lowest BCUT2D eigenvalue weighted by Crippen LogP contribution is -2.21. The van der Waals surface area contributed by atoms with Crippen molar-refractivity contribution >= 4 is 22.9 Å². The Kier molecular flexibility index (Phi) is 4.80. The second-order valence-electron chi connectivity index (χ2n) is 4.21. The van der Waals surface area contributed by atoms with Gasteiger partial charge in [-0.25, -0.2) is 4.98 Å². The van der Waals surface area contributed by atoms with Crippen LogP contribution in [0.1, 0.15) is 29.2 Å². The number of nitrogens with one attached hydrogen (secondary N) is 1. The Morgan fingerprint density at radius 2 is 2.26 bits per heavy atom. The molecular weight excluding hydrogens is 280 g/mol. The lowest BCUT2D eigenvalue weighted by Gasteiger charge is -2.17. The minimum atomic E-state index is 0.0760. The first-order valence-electron chi connectivity index (χ1n) is 6.14. The first-order chi connectivity index (χ1) is 9.15. The molecule has 102 valence electrons. The molecule has 3 nitrogen and oxygen atoms in total. The predicted molar refractivity (Wildman–Crippen MR) is 80.4 cm³/mol. The Morgan fingerprint density at radius 3 is 2.79 bits per heavy atom. The van der Waals surface area contributed by atoms with Gasteiger partial charge in [-0.15, -0.1) is 11.3 Å². The maximum atomic E-state index is 6.20. The van der Waals surface area contributed by atoms with Crippen LogP contribution in [0.4, 0.5) is 0 Å². The van der Waals surface area contributed by atoms with Crippen molar-refractivity contribution in [3.05, 3.63) is 44.9 Å². The van der Waals surface area contributed by atoms with E-state index in [1.807, 2.05) is 25.1 Å². The largest absolute Gasteiger partial charge is 0.495 e. The fourth-order valence-electron chi connectivity index (χ4n) is 1.92. The third-order valence-corrected chi connectivity index (χ3v) is 4.12. The van der Waals surface area contributed by atoms with Gasteiger partial charge in [-0.05, 0) is 31.2 Å². The van der Waals surface area contributed by atoms with Crippen LogP contribution in [0.25, 0.3) is 0 Å². The van der Waals surface area contributed by atoms with Gasteiger partial charge in [-0.1, -0.05) is 24.6 Å². The Bertz CT molecular complexity index is 556. The molecule has 2 rings (SSSR count). The molecule has 1 aromatic heterocycles. The summed E-state index contributed by atoms with van der Waals surface area (Å²) >= 11 is 7.86. The van der Waals surface area contributed by atoms with Gasteiger partial charge in [0.15, 0.2) is 0 Å². The third kappa shape index (κ3) is 3.26. The number of hydrogen-bond acceptors (Lipinski definition) is 4. The van der Waals surface area contributed by atoms with Gasteiger partial charge in [0.1, 0.15) is 10.8 Å². The molecule has 19 heavy (non-hydrogen) atoms. The highest BCUT2D eigenvalue weighted by Gasteiger charge is 2.17. The topological polar surface area (TPSA) is 34.1 Å². The molecule has 0 aliphatic heterocycles. The highest BCUT2D eigenvalue weighted by atomic mass is 35.5. The van der Waals surface area contributed by atoms with Crippen LogP contribution in [0.5, 0.6) is 5.75 Å². The van der Waals surface area contributed by atoms with E-state index in [1.54, 1.807) is 18.4 Å². The van der Waals surface area contributed by atoms with E-state index in [4.69, 9.17) is 16.3 Å². The molecule has 0 spiro atoms. The second kappa shape index (κ2) is 6.37. The Balaban J connectivity index is 2.36. The van der Waals surface area contributed by atoms with Crippen LogP contribution in [-0.2, 0) is 0 Å². The fraction of sp³-hybridized carbons (Fsp3) is 0.357. The van der Waals surface area contributed by atoms with Gasteiger partial charge in [0.25, 0.3) is 0 Å². The molecule has 0 aliphatic rings. The van der Waals surface area contributed by atoms with Crippen molar-refractivity contribution in [2.75, 3.05) is 13.7 Å². The number of rotatable bonds is 5. The van der Waals surface area contributed by atoms with Crippen molar-refractivity contribution in [3.63, 3.8) is 0 Å². The van der Waals surface area contributed by atoms with Gasteiger partial charge in [0, 0.05) is 11.1 Å². The summed E-state index contributed by atoms with van der Waals surface area (Å²) < 4.78 is 5.18. The molecule has 0 saturated heterocycles. The molecule has 1 heterocycles. The summed E-state index contributed by atoms with van der Waals surface area (Å²) in [5.74, 6) is 0.691. The zero-order chi connectivity index (χ0) is 13.8. The number of thiazole rings is 1. The highest BCUT2D eigenvalue weighted by molar-refractivity contribution is 7.09. The summed E-state index contributed by atoms with van der Waals surface area (Å²) in [6, 6.07) is 5.92. The van der Waals surface area contributed by atoms with Crippen LogP contribution >= 0.6 is 22.9 Å². The van der Waals surface area contributed by atoms with E-state index in [0.29, 0.717) is 10.8 Å². The van der Waals surface area contributed by atoms with Gasteiger partial charge in [0.2, 0.25) is 0 Å². The number of aromatic nitrogens is 1. The Hall–Kier alpha value is -1.10. The van der Waals surface area contributed by atoms with Crippen LogP contribution in [-0.4, -0.2) is 18.6 Å². The van der Waals surface area contributed by atoms with Crippen LogP contribution in [0, 0.1) is 6.92 Å². The quantitative estimate of drug-likeness (QED) is 0.911. The van der Waals surface area contributed by atoms with Crippen LogP contribution in [0.15, 0.2) is 23.6 Å². The minimum absolute atomic E-state index is 0.0760. The number of aryl methyl sites for hydroxylation is 1. The number of halogens is 1. The minimum Gasteiger partial charge on any atom is -0.495 e. The molecule has 1 atom stereocenters. The monoisotopic (exact) mass is 296 g/mol. The molecule has 2 aromatic rings. The molecule has 0 saturated carbocycles. The lowest BCUT2D eigenvalue weighted by molar-refractivity contribution is 0.414. The van der Waals surface area contributed by atoms with Gasteiger partial charge in [0.05, 0.1) is 18.2 Å². The van der Waals surface area contributed by atoms with Crippen molar-refractivity contribution in [1.29, 1.82) is 0 Å². The average Bonchev–Trinajstić information content (AvgIpc) is 2.82. The normalized spacial score (nSPS) is 12.4. The zero-order valence-corrected chi connectivity index (χ0v) is 12.8. The van der Waals surface area contributed by atoms with Crippen molar-refractivity contribution in [3.8, 4) is 5.75 Å². The summed E-state index contributed by atoms with van der Waals surface area (Å²) in [5, 5.41) is 7.18. The number of methoxy groups -OCH3 is 1. The first-order valence-corrected chi connectivity index (χ1v) is 7.40. The maximum absolute atomic E-state index is 6.20. The van der Waals surface area contributed by atoms with E-state index in [-0.39, 0.29) is 6.04 Å². The summed E-state index contributed by atoms with van der Waals surface area (Å²) in [4.78, 5) is 4.56. The van der Waals surface area contributed by atoms with Crippen molar-refractivity contribution in [2.24, 2.45) is 0 Å². The molecule has 0 aliphatic carbocycles. The van der Waals surface area contributed by atoms with Crippen molar-refractivity contribution in [2.45, 2.75) is 19.9 Å². The molecular formula is C14H17ClN2OS. The van der Waals surface area contributed by atoms with E-state index in [0.717, 1.165) is 22.8 Å². The molecule has 0 fully saturated rings. The highest BCUT2D eigenvalue weighted by Crippen LogP contribution is 2.31. The number of nitrogens with zero attached hydrogens (tertiary/aromatic N) is 1. The first kappa shape index (κ1) is 14.3. The Morgan fingerprint density at radius 1 is 1.47 bits per heavy atom. The molecule has 1 N–H and O–H groups in total. The molecule has 1 aromatic carbocycles. The second-order valence-corrected chi connectivity index (χ2v) is 5.51. The maximum Gasteiger partial charge on any atom is 0.137 e. The van der Waals surface area contributed by atoms with Gasteiger partial charge >= 0.3 is 0 Å². The van der Waals surface area contributed by atoms with E-state index in [1.165, 1.54) is 0 Å². The lowest BCUT2D eigenvalue weighted by atomic mass is 10.1. The Labute approximate surface area is 122 Å². The number of ether oxygens (including phenoxy) is 1. The van der Waals surface area contributed by atoms with Gasteiger partial charge in [-0.3, -0.25) is 0 Å². The summed E-state index contributed by atoms with van der Waals surface area (Å²) in [6.45, 7) is 4.95. The standard InChI is InChI=1S/C14H17ClN2OS/c1-4-16-13(14-17-9(2)8-19-14)10-5-6-12(18-3)11(15)7-10/h5-8,13,16H,4H2,1-3H3. The van der Waals surface area contributed by atoms with E-state index >= 15 is 0 Å². The van der Waals surface area contributed by atoms with Crippen molar-refractivity contribution in [1.82, 2.24) is 10.3 Å². The SMILES string of the molecule is CCNC(c1ccc(OC)c(Cl)c1)c1nc(C)cs1. The average molecular weight is 297 g/mol. The molecule has 0 amide bonds. The third-order valence-electron chi connectivity index (χ3n) is 2.80. The molecule has 5 heteroatoms. The summed E-state index contributed by atoms with van der Waals surface area (Å²) in [5.41, 5.74) is 2.14. The summed E-state index contributed by atoms with van der Waals surface area (Å²) in [7, 11) is 1.62. The fourth-order valence-corrected chi connectivity index (χ4v) is 3.08. The molecule has 1 unspecified atom stereocenters. The van der Waals surface area contributed by atoms with Gasteiger partial charge < -0.3 is 10.1 Å². The summed E-state index contributed by atoms with van der Waals surface area (Å²) in [6.07, 6.45) is 0. The zero-order valence-electron chi connectivity index (χ0n) is 11.2. The van der Waals surface area contributed by atoms with E-state index in [2.05, 4.69) is 22.6 Å². The predicted octanol–water partition coefficient (Wildman–Crippen LogP) is 3.81. The van der Waals surface area contributed by atoms with Gasteiger partial charge in [-0.2, -0.15) is 0 Å². The van der Waals surface area contributed by atoms with Crippen molar-refractivity contribution < 1.29 is 4.74 Å². The van der Waals surface area contributed by atoms with Crippen LogP contribution < -0.4 is 10.1 Å². The number of benzene rings is 1. The number of hydrogen-bond donors (Lipinski definition) is 1. The smallest absolute Gasteiger partial charge is 0.137 e. The van der Waals surface area contributed by atoms with Crippen LogP contribution in [0.2, 0.25) is 5.02 Å². The van der Waals surface area contributed by atoms with Crippen LogP contribution in [0.3, 0.4) is 0 Å². The molecule has 0 bridgehead atoms. The van der Waals surface area contributed by atoms with E-state index < -0.39 is 0 Å². The van der Waals surface area contributed by atoms with E-state index in [9.17, 15) is 0 Å². The molecule has 0 radical (unpaired) electrons.